The van der Waals surface area contributed by atoms with Crippen LogP contribution in [0.3, 0.4) is 0 Å². The number of aromatic nitrogens is 1. The summed E-state index contributed by atoms with van der Waals surface area (Å²) in [5.74, 6) is -0.631. The molecule has 1 aliphatic heterocycles. The topological polar surface area (TPSA) is 71.5 Å². The first kappa shape index (κ1) is 22.1. The van der Waals surface area contributed by atoms with E-state index in [1.807, 2.05) is 0 Å². The van der Waals surface area contributed by atoms with Crippen LogP contribution in [0.5, 0.6) is 5.75 Å². The predicted octanol–water partition coefficient (Wildman–Crippen LogP) is 4.16. The molecule has 1 fully saturated rings. The summed E-state index contributed by atoms with van der Waals surface area (Å²) in [4.78, 5) is 30.9. The number of likely N-dealkylation sites (tertiary alicyclic amines) is 1. The van der Waals surface area contributed by atoms with Gasteiger partial charge in [-0.3, -0.25) is 9.59 Å². The molecule has 1 aromatic carbocycles. The minimum absolute atomic E-state index is 0.0366. The number of benzene rings is 1. The number of ether oxygens (including phenoxy) is 1. The largest absolute Gasteiger partial charge is 0.573 e. The molecule has 1 N–H and O–H groups in total. The number of carbonyl (C=O) groups excluding carboxylic acids is 2. The highest BCUT2D eigenvalue weighted by Gasteiger charge is 2.31. The van der Waals surface area contributed by atoms with Crippen molar-refractivity contribution in [2.24, 2.45) is 5.92 Å². The van der Waals surface area contributed by atoms with Crippen molar-refractivity contribution in [3.05, 3.63) is 52.6 Å². The Morgan fingerprint density at radius 3 is 2.57 bits per heavy atom. The number of hydrogen-bond acceptors (Lipinski definition) is 4. The molecule has 2 amide bonds. The summed E-state index contributed by atoms with van der Waals surface area (Å²) in [5.41, 5.74) is 0.570. The molecule has 2 heterocycles. The van der Waals surface area contributed by atoms with Gasteiger partial charge in [0.25, 0.3) is 0 Å². The van der Waals surface area contributed by atoms with Crippen LogP contribution in [0.1, 0.15) is 18.4 Å². The number of hydrogen-bond donors (Lipinski definition) is 1. The van der Waals surface area contributed by atoms with Gasteiger partial charge in [0.05, 0.1) is 12.3 Å². The summed E-state index contributed by atoms with van der Waals surface area (Å²) in [6, 6.07) is 8.64. The molecular formula is C20H19BrF3N3O3. The van der Waals surface area contributed by atoms with Crippen molar-refractivity contribution in [2.45, 2.75) is 25.6 Å². The lowest BCUT2D eigenvalue weighted by molar-refractivity contribution is -0.274. The van der Waals surface area contributed by atoms with Crippen molar-refractivity contribution in [2.75, 3.05) is 18.4 Å². The first-order valence-corrected chi connectivity index (χ1v) is 10.0. The molecule has 1 saturated heterocycles. The predicted molar refractivity (Wildman–Crippen MR) is 107 cm³/mol. The lowest BCUT2D eigenvalue weighted by Crippen LogP contribution is -2.44. The zero-order valence-electron chi connectivity index (χ0n) is 15.8. The van der Waals surface area contributed by atoms with Gasteiger partial charge in [0, 0.05) is 23.8 Å². The van der Waals surface area contributed by atoms with Gasteiger partial charge < -0.3 is 15.0 Å². The third-order valence-electron chi connectivity index (χ3n) is 4.64. The van der Waals surface area contributed by atoms with Gasteiger partial charge in [0.1, 0.15) is 11.6 Å². The maximum Gasteiger partial charge on any atom is 0.573 e. The molecule has 0 bridgehead atoms. The van der Waals surface area contributed by atoms with E-state index < -0.39 is 6.36 Å². The first-order chi connectivity index (χ1) is 14.2. The number of pyridine rings is 1. The van der Waals surface area contributed by atoms with E-state index in [1.54, 1.807) is 23.2 Å². The maximum atomic E-state index is 12.6. The SMILES string of the molecule is O=C(Nc1ccc(Br)cn1)C1CCCN(C(=O)Cc2ccc(OC(F)(F)F)cc2)C1. The highest BCUT2D eigenvalue weighted by molar-refractivity contribution is 9.10. The maximum absolute atomic E-state index is 12.6. The second kappa shape index (κ2) is 9.46. The summed E-state index contributed by atoms with van der Waals surface area (Å²) < 4.78 is 41.3. The molecule has 0 saturated carbocycles. The van der Waals surface area contributed by atoms with Gasteiger partial charge in [-0.2, -0.15) is 0 Å². The number of anilines is 1. The minimum Gasteiger partial charge on any atom is -0.406 e. The van der Waals surface area contributed by atoms with Crippen molar-refractivity contribution < 1.29 is 27.5 Å². The van der Waals surface area contributed by atoms with Crippen LogP contribution in [0.15, 0.2) is 47.1 Å². The Hall–Kier alpha value is -2.62. The van der Waals surface area contributed by atoms with Crippen LogP contribution in [-0.2, 0) is 16.0 Å². The van der Waals surface area contributed by atoms with Crippen LogP contribution in [0.4, 0.5) is 19.0 Å². The van der Waals surface area contributed by atoms with E-state index >= 15 is 0 Å². The molecule has 10 heteroatoms. The Morgan fingerprint density at radius 1 is 1.20 bits per heavy atom. The Labute approximate surface area is 179 Å². The van der Waals surface area contributed by atoms with E-state index in [-0.39, 0.29) is 36.4 Å². The van der Waals surface area contributed by atoms with Crippen LogP contribution >= 0.6 is 15.9 Å². The molecule has 1 aliphatic rings. The molecule has 1 unspecified atom stereocenters. The number of halogens is 4. The average molecular weight is 486 g/mol. The van der Waals surface area contributed by atoms with Crippen LogP contribution in [0.2, 0.25) is 0 Å². The molecule has 0 spiro atoms. The molecule has 0 aliphatic carbocycles. The zero-order valence-corrected chi connectivity index (χ0v) is 17.4. The monoisotopic (exact) mass is 485 g/mol. The van der Waals surface area contributed by atoms with Gasteiger partial charge in [-0.05, 0) is 58.6 Å². The number of piperidine rings is 1. The first-order valence-electron chi connectivity index (χ1n) is 9.24. The Bertz CT molecular complexity index is 889. The van der Waals surface area contributed by atoms with Crippen molar-refractivity contribution >= 4 is 33.6 Å². The Balaban J connectivity index is 1.54. The summed E-state index contributed by atoms with van der Waals surface area (Å²) in [6.45, 7) is 0.824. The van der Waals surface area contributed by atoms with Crippen LogP contribution in [-0.4, -0.2) is 41.2 Å². The lowest BCUT2D eigenvalue weighted by atomic mass is 9.96. The standard InChI is InChI=1S/C20H19BrF3N3O3/c21-15-5-8-17(25-11-15)26-19(29)14-2-1-9-27(12-14)18(28)10-13-3-6-16(7-4-13)30-20(22,23)24/h3-8,11,14H,1-2,9-10,12H2,(H,25,26,29). The Kier molecular flexibility index (Phi) is 6.96. The lowest BCUT2D eigenvalue weighted by Gasteiger charge is -2.32. The van der Waals surface area contributed by atoms with Crippen molar-refractivity contribution in [3.8, 4) is 5.75 Å². The number of alkyl halides is 3. The van der Waals surface area contributed by atoms with E-state index in [0.717, 1.165) is 4.47 Å². The molecule has 1 aromatic heterocycles. The van der Waals surface area contributed by atoms with E-state index in [9.17, 15) is 22.8 Å². The van der Waals surface area contributed by atoms with Gasteiger partial charge in [-0.1, -0.05) is 12.1 Å². The summed E-state index contributed by atoms with van der Waals surface area (Å²) >= 11 is 3.28. The van der Waals surface area contributed by atoms with E-state index in [4.69, 9.17) is 0 Å². The fraction of sp³-hybridized carbons (Fsp3) is 0.350. The summed E-state index contributed by atoms with van der Waals surface area (Å²) in [6.07, 6.45) is -1.79. The third kappa shape index (κ3) is 6.45. The van der Waals surface area contributed by atoms with Crippen molar-refractivity contribution in [1.82, 2.24) is 9.88 Å². The van der Waals surface area contributed by atoms with Crippen molar-refractivity contribution in [3.63, 3.8) is 0 Å². The van der Waals surface area contributed by atoms with Gasteiger partial charge in [0.15, 0.2) is 0 Å². The number of rotatable bonds is 5. The molecule has 2 aromatic rings. The zero-order chi connectivity index (χ0) is 21.7. The second-order valence-electron chi connectivity index (χ2n) is 6.90. The molecule has 0 radical (unpaired) electrons. The van der Waals surface area contributed by atoms with E-state index in [0.29, 0.717) is 30.8 Å². The second-order valence-corrected chi connectivity index (χ2v) is 7.81. The summed E-state index contributed by atoms with van der Waals surface area (Å²) in [5, 5.41) is 2.76. The smallest absolute Gasteiger partial charge is 0.406 e. The fourth-order valence-corrected chi connectivity index (χ4v) is 3.43. The number of carbonyl (C=O) groups is 2. The minimum atomic E-state index is -4.76. The van der Waals surface area contributed by atoms with Gasteiger partial charge in [0.2, 0.25) is 11.8 Å². The van der Waals surface area contributed by atoms with Gasteiger partial charge in [-0.15, -0.1) is 13.2 Å². The number of nitrogens with zero attached hydrogens (tertiary/aromatic N) is 2. The molecule has 3 rings (SSSR count). The van der Waals surface area contributed by atoms with Crippen LogP contribution in [0, 0.1) is 5.92 Å². The highest BCUT2D eigenvalue weighted by Crippen LogP contribution is 2.24. The van der Waals surface area contributed by atoms with Crippen LogP contribution < -0.4 is 10.1 Å². The molecular weight excluding hydrogens is 467 g/mol. The average Bonchev–Trinajstić information content (AvgIpc) is 2.70. The quantitative estimate of drug-likeness (QED) is 0.689. The van der Waals surface area contributed by atoms with Crippen LogP contribution in [0.25, 0.3) is 0 Å². The summed E-state index contributed by atoms with van der Waals surface area (Å²) in [7, 11) is 0. The Morgan fingerprint density at radius 2 is 1.93 bits per heavy atom. The van der Waals surface area contributed by atoms with Gasteiger partial charge >= 0.3 is 6.36 Å². The number of nitrogens with one attached hydrogen (secondary N) is 1. The van der Waals surface area contributed by atoms with E-state index in [1.165, 1.54) is 24.3 Å². The molecule has 1 atom stereocenters. The fourth-order valence-electron chi connectivity index (χ4n) is 3.19. The molecule has 30 heavy (non-hydrogen) atoms. The number of amides is 2. The highest BCUT2D eigenvalue weighted by atomic mass is 79.9. The van der Waals surface area contributed by atoms with Crippen molar-refractivity contribution in [1.29, 1.82) is 0 Å². The van der Waals surface area contributed by atoms with Gasteiger partial charge in [-0.25, -0.2) is 4.98 Å². The molecule has 6 nitrogen and oxygen atoms in total. The normalized spacial score (nSPS) is 16.8. The van der Waals surface area contributed by atoms with E-state index in [2.05, 4.69) is 31.0 Å². The molecule has 160 valence electrons. The third-order valence-corrected chi connectivity index (χ3v) is 5.10.